The topological polar surface area (TPSA) is 35.2 Å². The first kappa shape index (κ1) is 13.9. The van der Waals surface area contributed by atoms with Crippen LogP contribution in [0.25, 0.3) is 0 Å². The molecule has 0 radical (unpaired) electrons. The molecule has 1 aromatic rings. The number of hydrogen-bond donors (Lipinski definition) is 1. The summed E-state index contributed by atoms with van der Waals surface area (Å²) in [5.74, 6) is -0.891. The minimum absolute atomic E-state index is 0.366. The minimum Gasteiger partial charge on any atom is -0.404 e. The van der Waals surface area contributed by atoms with Crippen LogP contribution in [0.2, 0.25) is 0 Å². The summed E-state index contributed by atoms with van der Waals surface area (Å²) >= 11 is 2.50. The van der Waals surface area contributed by atoms with Gasteiger partial charge in [0, 0.05) is 4.47 Å². The third-order valence-electron chi connectivity index (χ3n) is 1.63. The van der Waals surface area contributed by atoms with Crippen LogP contribution in [0.5, 0.6) is 5.75 Å². The second-order valence-electron chi connectivity index (χ2n) is 2.92. The van der Waals surface area contributed by atoms with Crippen molar-refractivity contribution in [3.63, 3.8) is 0 Å². The van der Waals surface area contributed by atoms with Gasteiger partial charge in [-0.25, -0.2) is 0 Å². The molecule has 0 aliphatic rings. The normalized spacial score (nSPS) is 12.6. The lowest BCUT2D eigenvalue weighted by Crippen LogP contribution is -2.18. The number of rotatable bonds is 1. The summed E-state index contributed by atoms with van der Waals surface area (Å²) in [6.45, 7) is 0. The molecule has 2 N–H and O–H groups in total. The summed E-state index contributed by atoms with van der Waals surface area (Å²) in [4.78, 5) is 0. The van der Waals surface area contributed by atoms with Gasteiger partial charge in [0.1, 0.15) is 0 Å². The highest BCUT2D eigenvalue weighted by atomic mass is 79.9. The molecule has 0 amide bonds. The third kappa shape index (κ3) is 3.69. The van der Waals surface area contributed by atoms with E-state index in [0.29, 0.717) is 12.1 Å². The second-order valence-corrected chi connectivity index (χ2v) is 3.77. The molecule has 0 aliphatic heterocycles. The fraction of sp³-hybridized carbons (Fsp3) is 0.250. The van der Waals surface area contributed by atoms with E-state index in [-0.39, 0.29) is 0 Å². The lowest BCUT2D eigenvalue weighted by molar-refractivity contribution is -0.274. The Morgan fingerprint density at radius 1 is 1.06 bits per heavy atom. The smallest absolute Gasteiger partial charge is 0.404 e. The molecule has 2 nitrogen and oxygen atoms in total. The Morgan fingerprint density at radius 3 is 2.00 bits per heavy atom. The van der Waals surface area contributed by atoms with Gasteiger partial charge < -0.3 is 10.5 Å². The number of nitrogens with two attached hydrogens (primary N) is 1. The maximum absolute atomic E-state index is 12.3. The van der Waals surface area contributed by atoms with Crippen LogP contribution >= 0.6 is 15.9 Å². The lowest BCUT2D eigenvalue weighted by atomic mass is 10.2. The molecule has 0 saturated carbocycles. The average molecular weight is 324 g/mol. The summed E-state index contributed by atoms with van der Waals surface area (Å²) < 4.78 is 75.5. The van der Waals surface area contributed by atoms with Gasteiger partial charge in [-0.3, -0.25) is 0 Å². The van der Waals surface area contributed by atoms with Crippen LogP contribution in [0.1, 0.15) is 5.56 Å². The number of anilines is 1. The van der Waals surface area contributed by atoms with Crippen molar-refractivity contribution in [2.24, 2.45) is 0 Å². The van der Waals surface area contributed by atoms with Gasteiger partial charge in [-0.1, -0.05) is 15.9 Å². The summed E-state index contributed by atoms with van der Waals surface area (Å²) in [6.07, 6.45) is -9.74. The lowest BCUT2D eigenvalue weighted by Gasteiger charge is -2.15. The average Bonchev–Trinajstić information content (AvgIpc) is 2.06. The van der Waals surface area contributed by atoms with Gasteiger partial charge in [-0.05, 0) is 12.1 Å². The van der Waals surface area contributed by atoms with Gasteiger partial charge in [-0.15, -0.1) is 13.2 Å². The van der Waals surface area contributed by atoms with E-state index >= 15 is 0 Å². The van der Waals surface area contributed by atoms with Crippen molar-refractivity contribution in [2.45, 2.75) is 12.5 Å². The van der Waals surface area contributed by atoms with E-state index in [1.165, 1.54) is 0 Å². The number of hydrogen-bond acceptors (Lipinski definition) is 2. The van der Waals surface area contributed by atoms with Gasteiger partial charge in [0.05, 0.1) is 11.3 Å². The predicted octanol–water partition coefficient (Wildman–Crippen LogP) is 3.95. The SMILES string of the molecule is Nc1cc(C(F)(F)F)c(Br)cc1OC(F)(F)F. The summed E-state index contributed by atoms with van der Waals surface area (Å²) in [6, 6.07) is 0.886. The molecule has 0 saturated heterocycles. The predicted molar refractivity (Wildman–Crippen MR) is 50.2 cm³/mol. The maximum Gasteiger partial charge on any atom is 0.573 e. The molecule has 1 rings (SSSR count). The van der Waals surface area contributed by atoms with Crippen LogP contribution in [-0.2, 0) is 6.18 Å². The molecule has 96 valence electrons. The number of alkyl halides is 6. The Hall–Kier alpha value is -1.12. The number of benzene rings is 1. The summed E-state index contributed by atoms with van der Waals surface area (Å²) in [5, 5.41) is 0. The Kier molecular flexibility index (Phi) is 3.51. The molecule has 0 aliphatic carbocycles. The van der Waals surface area contributed by atoms with Crippen molar-refractivity contribution in [3.8, 4) is 5.75 Å². The Bertz CT molecular complexity index is 427. The van der Waals surface area contributed by atoms with E-state index in [1.807, 2.05) is 0 Å². The summed E-state index contributed by atoms with van der Waals surface area (Å²) in [5.41, 5.74) is 3.12. The van der Waals surface area contributed by atoms with Crippen LogP contribution in [0.3, 0.4) is 0 Å². The van der Waals surface area contributed by atoms with Crippen molar-refractivity contribution in [3.05, 3.63) is 22.2 Å². The molecular weight excluding hydrogens is 320 g/mol. The first-order chi connectivity index (χ1) is 7.50. The molecular formula is C8H4BrF6NO. The molecule has 17 heavy (non-hydrogen) atoms. The summed E-state index contributed by atoms with van der Waals surface area (Å²) in [7, 11) is 0. The standard InChI is InChI=1S/C8H4BrF6NO/c9-4-2-6(17-8(13,14)15)5(16)1-3(4)7(10,11)12/h1-2H,16H2. The van der Waals surface area contributed by atoms with Crippen molar-refractivity contribution >= 4 is 21.6 Å². The first-order valence-corrected chi connectivity index (χ1v) is 4.72. The number of nitrogen functional groups attached to an aromatic ring is 1. The van der Waals surface area contributed by atoms with E-state index in [9.17, 15) is 26.3 Å². The van der Waals surface area contributed by atoms with Crippen molar-refractivity contribution in [2.75, 3.05) is 5.73 Å². The van der Waals surface area contributed by atoms with Crippen molar-refractivity contribution in [1.29, 1.82) is 0 Å². The third-order valence-corrected chi connectivity index (χ3v) is 2.29. The minimum atomic E-state index is -5.02. The zero-order valence-electron chi connectivity index (χ0n) is 7.79. The van der Waals surface area contributed by atoms with Gasteiger partial charge in [-0.2, -0.15) is 13.2 Å². The highest BCUT2D eigenvalue weighted by Crippen LogP contribution is 2.40. The molecule has 0 atom stereocenters. The molecule has 0 bridgehead atoms. The number of ether oxygens (including phenoxy) is 1. The Morgan fingerprint density at radius 2 is 1.59 bits per heavy atom. The van der Waals surface area contributed by atoms with E-state index < -0.39 is 34.0 Å². The highest BCUT2D eigenvalue weighted by molar-refractivity contribution is 9.10. The molecule has 0 unspecified atom stereocenters. The monoisotopic (exact) mass is 323 g/mol. The molecule has 0 fully saturated rings. The Labute approximate surface area is 99.5 Å². The van der Waals surface area contributed by atoms with E-state index in [0.717, 1.165) is 0 Å². The molecule has 0 heterocycles. The van der Waals surface area contributed by atoms with Gasteiger partial charge >= 0.3 is 12.5 Å². The van der Waals surface area contributed by atoms with Gasteiger partial charge in [0.2, 0.25) is 0 Å². The fourth-order valence-corrected chi connectivity index (χ4v) is 1.55. The van der Waals surface area contributed by atoms with E-state index in [1.54, 1.807) is 0 Å². The zero-order valence-corrected chi connectivity index (χ0v) is 9.37. The van der Waals surface area contributed by atoms with E-state index in [4.69, 9.17) is 5.73 Å². The van der Waals surface area contributed by atoms with Crippen molar-refractivity contribution < 1.29 is 31.1 Å². The zero-order chi connectivity index (χ0) is 13.4. The maximum atomic E-state index is 12.3. The van der Waals surface area contributed by atoms with Crippen LogP contribution in [0.15, 0.2) is 16.6 Å². The second kappa shape index (κ2) is 4.28. The molecule has 1 aromatic carbocycles. The number of halogens is 7. The quantitative estimate of drug-likeness (QED) is 0.627. The molecule has 0 spiro atoms. The van der Waals surface area contributed by atoms with E-state index in [2.05, 4.69) is 20.7 Å². The highest BCUT2D eigenvalue weighted by Gasteiger charge is 2.36. The fourth-order valence-electron chi connectivity index (χ4n) is 1.00. The van der Waals surface area contributed by atoms with Crippen LogP contribution < -0.4 is 10.5 Å². The van der Waals surface area contributed by atoms with Crippen LogP contribution in [-0.4, -0.2) is 6.36 Å². The van der Waals surface area contributed by atoms with Gasteiger partial charge in [0.25, 0.3) is 0 Å². The van der Waals surface area contributed by atoms with Crippen LogP contribution in [0.4, 0.5) is 32.0 Å². The Balaban J connectivity index is 3.19. The van der Waals surface area contributed by atoms with Crippen LogP contribution in [0, 0.1) is 0 Å². The largest absolute Gasteiger partial charge is 0.573 e. The molecule has 9 heteroatoms. The molecule has 0 aromatic heterocycles. The first-order valence-electron chi connectivity index (χ1n) is 3.92. The van der Waals surface area contributed by atoms with Gasteiger partial charge in [0.15, 0.2) is 5.75 Å². The van der Waals surface area contributed by atoms with Crippen molar-refractivity contribution in [1.82, 2.24) is 0 Å².